The molecule has 1 N–H and O–H groups in total. The number of nitrogens with zero attached hydrogens (tertiary/aromatic N) is 3. The average molecular weight is 427 g/mol. The molecule has 0 fully saturated rings. The summed E-state index contributed by atoms with van der Waals surface area (Å²) in [7, 11) is 0. The van der Waals surface area contributed by atoms with Gasteiger partial charge in [0.15, 0.2) is 5.82 Å². The molecule has 3 heterocycles. The van der Waals surface area contributed by atoms with Crippen molar-refractivity contribution in [3.05, 3.63) is 69.6 Å². The molecule has 3 aromatic rings. The van der Waals surface area contributed by atoms with Gasteiger partial charge in [0, 0.05) is 28.3 Å². The second-order valence-corrected chi connectivity index (χ2v) is 7.50. The summed E-state index contributed by atoms with van der Waals surface area (Å²) in [6.07, 6.45) is 2.31. The molecule has 7 heteroatoms. The Bertz CT molecular complexity index is 998. The number of halogens is 1. The number of nitrogens with one attached hydrogen (secondary N) is 1. The highest BCUT2D eigenvalue weighted by Crippen LogP contribution is 2.34. The van der Waals surface area contributed by atoms with Gasteiger partial charge in [0.05, 0.1) is 23.9 Å². The number of aromatic nitrogens is 3. The number of amides is 1. The van der Waals surface area contributed by atoms with E-state index in [-0.39, 0.29) is 11.9 Å². The van der Waals surface area contributed by atoms with Crippen molar-refractivity contribution in [2.24, 2.45) is 0 Å². The van der Waals surface area contributed by atoms with Crippen molar-refractivity contribution in [3.63, 3.8) is 0 Å². The first-order chi connectivity index (χ1) is 13.0. The Morgan fingerprint density at radius 1 is 1.26 bits per heavy atom. The van der Waals surface area contributed by atoms with E-state index in [1.165, 1.54) is 0 Å². The van der Waals surface area contributed by atoms with Crippen molar-refractivity contribution >= 4 is 21.8 Å². The maximum atomic E-state index is 12.7. The van der Waals surface area contributed by atoms with Gasteiger partial charge >= 0.3 is 0 Å². The molecule has 27 heavy (non-hydrogen) atoms. The van der Waals surface area contributed by atoms with Crippen molar-refractivity contribution in [3.8, 4) is 11.6 Å². The van der Waals surface area contributed by atoms with Crippen LogP contribution in [0.4, 0.5) is 0 Å². The maximum absolute atomic E-state index is 12.7. The molecule has 1 aliphatic heterocycles. The van der Waals surface area contributed by atoms with Crippen LogP contribution in [0.1, 0.15) is 39.8 Å². The zero-order chi connectivity index (χ0) is 19.0. The largest absolute Gasteiger partial charge is 0.493 e. The average Bonchev–Trinajstić information content (AvgIpc) is 3.00. The highest BCUT2D eigenvalue weighted by molar-refractivity contribution is 9.10. The Morgan fingerprint density at radius 2 is 2.11 bits per heavy atom. The van der Waals surface area contributed by atoms with E-state index in [1.54, 1.807) is 16.9 Å². The number of carbonyl (C=O) groups excluding carboxylic acids is 1. The topological polar surface area (TPSA) is 69.0 Å². The Kier molecular flexibility index (Phi) is 4.70. The van der Waals surface area contributed by atoms with E-state index in [2.05, 4.69) is 31.3 Å². The van der Waals surface area contributed by atoms with Crippen LogP contribution in [0.25, 0.3) is 5.82 Å². The summed E-state index contributed by atoms with van der Waals surface area (Å²) >= 11 is 3.48. The minimum Gasteiger partial charge on any atom is -0.493 e. The Morgan fingerprint density at radius 3 is 2.81 bits per heavy atom. The van der Waals surface area contributed by atoms with E-state index in [1.807, 2.05) is 44.2 Å². The zero-order valence-corrected chi connectivity index (χ0v) is 16.7. The SMILES string of the molecule is Cc1cc(C)n(-c2ccc(C(=O)NC3CCOc4ccc(Br)cc43)cn2)n1. The van der Waals surface area contributed by atoms with Crippen LogP contribution in [0.2, 0.25) is 0 Å². The van der Waals surface area contributed by atoms with Crippen LogP contribution in [0.15, 0.2) is 47.1 Å². The highest BCUT2D eigenvalue weighted by Gasteiger charge is 2.24. The van der Waals surface area contributed by atoms with E-state index < -0.39 is 0 Å². The second-order valence-electron chi connectivity index (χ2n) is 6.59. The second kappa shape index (κ2) is 7.15. The molecule has 0 spiro atoms. The summed E-state index contributed by atoms with van der Waals surface area (Å²) in [5.74, 6) is 1.35. The van der Waals surface area contributed by atoms with Gasteiger partial charge in [-0.15, -0.1) is 0 Å². The predicted molar refractivity (Wildman–Crippen MR) is 105 cm³/mol. The number of aryl methyl sites for hydroxylation is 2. The lowest BCUT2D eigenvalue weighted by atomic mass is 10.0. The quantitative estimate of drug-likeness (QED) is 0.689. The third-order valence-corrected chi connectivity index (χ3v) is 5.05. The maximum Gasteiger partial charge on any atom is 0.253 e. The van der Waals surface area contributed by atoms with Crippen molar-refractivity contribution in [1.82, 2.24) is 20.1 Å². The molecule has 0 radical (unpaired) electrons. The first kappa shape index (κ1) is 17.7. The van der Waals surface area contributed by atoms with E-state index in [4.69, 9.17) is 4.74 Å². The lowest BCUT2D eigenvalue weighted by molar-refractivity contribution is 0.0924. The molecule has 2 aromatic heterocycles. The number of hydrogen-bond donors (Lipinski definition) is 1. The fourth-order valence-electron chi connectivity index (χ4n) is 3.26. The van der Waals surface area contributed by atoms with Crippen LogP contribution in [0.5, 0.6) is 5.75 Å². The minimum absolute atomic E-state index is 0.0885. The standard InChI is InChI=1S/C20H19BrN4O2/c1-12-9-13(2)25(24-12)19-6-3-14(11-22-19)20(26)23-17-7-8-27-18-5-4-15(21)10-16(17)18/h3-6,9-11,17H,7-8H2,1-2H3,(H,23,26). The summed E-state index contributed by atoms with van der Waals surface area (Å²) in [6.45, 7) is 4.49. The molecule has 0 aliphatic carbocycles. The van der Waals surface area contributed by atoms with Crippen molar-refractivity contribution < 1.29 is 9.53 Å². The zero-order valence-electron chi connectivity index (χ0n) is 15.1. The Labute approximate surface area is 165 Å². The lowest BCUT2D eigenvalue weighted by Crippen LogP contribution is -2.32. The van der Waals surface area contributed by atoms with Gasteiger partial charge in [-0.3, -0.25) is 4.79 Å². The minimum atomic E-state index is -0.153. The fourth-order valence-corrected chi connectivity index (χ4v) is 3.64. The molecule has 1 aromatic carbocycles. The number of ether oxygens (including phenoxy) is 1. The van der Waals surface area contributed by atoms with Gasteiger partial charge in [-0.1, -0.05) is 15.9 Å². The van der Waals surface area contributed by atoms with Gasteiger partial charge < -0.3 is 10.1 Å². The van der Waals surface area contributed by atoms with Gasteiger partial charge in [0.1, 0.15) is 5.75 Å². The summed E-state index contributed by atoms with van der Waals surface area (Å²) in [6, 6.07) is 11.3. The number of rotatable bonds is 3. The number of benzene rings is 1. The van der Waals surface area contributed by atoms with Gasteiger partial charge in [-0.05, 0) is 50.2 Å². The first-order valence-electron chi connectivity index (χ1n) is 8.74. The van der Waals surface area contributed by atoms with E-state index in [0.29, 0.717) is 18.0 Å². The molecule has 1 unspecified atom stereocenters. The van der Waals surface area contributed by atoms with Crippen LogP contribution >= 0.6 is 15.9 Å². The molecule has 1 atom stereocenters. The molecule has 0 bridgehead atoms. The first-order valence-corrected chi connectivity index (χ1v) is 9.53. The van der Waals surface area contributed by atoms with Gasteiger partial charge in [0.25, 0.3) is 5.91 Å². The molecule has 1 amide bonds. The number of fused-ring (bicyclic) bond motifs is 1. The molecule has 138 valence electrons. The van der Waals surface area contributed by atoms with Crippen LogP contribution in [0.3, 0.4) is 0 Å². The van der Waals surface area contributed by atoms with E-state index in [0.717, 1.165) is 33.6 Å². The summed E-state index contributed by atoms with van der Waals surface area (Å²) in [4.78, 5) is 17.1. The van der Waals surface area contributed by atoms with Gasteiger partial charge in [-0.25, -0.2) is 9.67 Å². The van der Waals surface area contributed by atoms with Gasteiger partial charge in [-0.2, -0.15) is 5.10 Å². The molecule has 1 aliphatic rings. The number of pyridine rings is 1. The van der Waals surface area contributed by atoms with Crippen LogP contribution in [-0.4, -0.2) is 27.3 Å². The predicted octanol–water partition coefficient (Wildman–Crippen LogP) is 3.90. The monoisotopic (exact) mass is 426 g/mol. The number of carbonyl (C=O) groups is 1. The smallest absolute Gasteiger partial charge is 0.253 e. The van der Waals surface area contributed by atoms with Crippen LogP contribution in [0, 0.1) is 13.8 Å². The molecule has 4 rings (SSSR count). The summed E-state index contributed by atoms with van der Waals surface area (Å²) < 4.78 is 8.41. The van der Waals surface area contributed by atoms with Crippen molar-refractivity contribution in [2.45, 2.75) is 26.3 Å². The molecule has 6 nitrogen and oxygen atoms in total. The molecular weight excluding hydrogens is 408 g/mol. The number of hydrogen-bond acceptors (Lipinski definition) is 4. The Balaban J connectivity index is 1.53. The van der Waals surface area contributed by atoms with E-state index >= 15 is 0 Å². The molecule has 0 saturated carbocycles. The third kappa shape index (κ3) is 3.60. The van der Waals surface area contributed by atoms with E-state index in [9.17, 15) is 4.79 Å². The van der Waals surface area contributed by atoms with Crippen molar-refractivity contribution in [2.75, 3.05) is 6.61 Å². The molecule has 0 saturated heterocycles. The normalized spacial score (nSPS) is 15.7. The lowest BCUT2D eigenvalue weighted by Gasteiger charge is -2.27. The summed E-state index contributed by atoms with van der Waals surface area (Å²) in [5.41, 5.74) is 3.43. The van der Waals surface area contributed by atoms with Gasteiger partial charge in [0.2, 0.25) is 0 Å². The van der Waals surface area contributed by atoms with Crippen LogP contribution < -0.4 is 10.1 Å². The summed E-state index contributed by atoms with van der Waals surface area (Å²) in [5, 5.41) is 7.51. The fraction of sp³-hybridized carbons (Fsp3) is 0.250. The highest BCUT2D eigenvalue weighted by atomic mass is 79.9. The van der Waals surface area contributed by atoms with Crippen molar-refractivity contribution in [1.29, 1.82) is 0 Å². The molecular formula is C20H19BrN4O2. The Hall–Kier alpha value is -2.67. The van der Waals surface area contributed by atoms with Crippen LogP contribution in [-0.2, 0) is 0 Å². The third-order valence-electron chi connectivity index (χ3n) is 4.55.